The number of alkyl halides is 2. The average Bonchev–Trinajstić information content (AvgIpc) is 3.37. The van der Waals surface area contributed by atoms with E-state index in [2.05, 4.69) is 29.0 Å². The molecule has 1 fully saturated rings. The van der Waals surface area contributed by atoms with Gasteiger partial charge in [0.1, 0.15) is 5.82 Å². The molecule has 0 unspecified atom stereocenters. The predicted octanol–water partition coefficient (Wildman–Crippen LogP) is 5.52. The second kappa shape index (κ2) is 10.5. The number of thiazole rings is 1. The Morgan fingerprint density at radius 2 is 1.79 bits per heavy atom. The maximum atomic E-state index is 15.7. The van der Waals surface area contributed by atoms with Crippen molar-refractivity contribution in [1.82, 2.24) is 14.5 Å². The van der Waals surface area contributed by atoms with Gasteiger partial charge < -0.3 is 14.8 Å². The molecule has 39 heavy (non-hydrogen) atoms. The van der Waals surface area contributed by atoms with Gasteiger partial charge in [-0.05, 0) is 56.8 Å². The molecule has 4 aromatic rings. The third-order valence-electron chi connectivity index (χ3n) is 7.49. The van der Waals surface area contributed by atoms with Crippen molar-refractivity contribution in [1.29, 1.82) is 0 Å². The highest BCUT2D eigenvalue weighted by molar-refractivity contribution is 7.16. The van der Waals surface area contributed by atoms with Crippen molar-refractivity contribution >= 4 is 38.8 Å². The fourth-order valence-electron chi connectivity index (χ4n) is 5.07. The quantitative estimate of drug-likeness (QED) is 0.351. The zero-order valence-electron chi connectivity index (χ0n) is 21.9. The van der Waals surface area contributed by atoms with E-state index in [9.17, 15) is 18.4 Å². The summed E-state index contributed by atoms with van der Waals surface area (Å²) in [5.41, 5.74) is 2.46. The molecule has 3 heterocycles. The van der Waals surface area contributed by atoms with Crippen molar-refractivity contribution in [2.45, 2.75) is 32.4 Å². The molecule has 1 saturated heterocycles. The Hall–Kier alpha value is -3.70. The predicted molar refractivity (Wildman–Crippen MR) is 149 cm³/mol. The first-order chi connectivity index (χ1) is 18.5. The third-order valence-corrected chi connectivity index (χ3v) is 8.28. The molecule has 1 aliphatic heterocycles. The van der Waals surface area contributed by atoms with Crippen molar-refractivity contribution in [3.8, 4) is 11.1 Å². The third kappa shape index (κ3) is 5.04. The van der Waals surface area contributed by atoms with Gasteiger partial charge in [0.15, 0.2) is 0 Å². The van der Waals surface area contributed by atoms with E-state index in [1.165, 1.54) is 24.5 Å². The molecule has 0 spiro atoms. The first-order valence-electron chi connectivity index (χ1n) is 12.5. The van der Waals surface area contributed by atoms with E-state index in [0.717, 1.165) is 26.9 Å². The molecular weight excluding hydrogens is 527 g/mol. The van der Waals surface area contributed by atoms with Crippen LogP contribution in [-0.4, -0.2) is 52.6 Å². The summed E-state index contributed by atoms with van der Waals surface area (Å²) in [6, 6.07) is 10.8. The summed E-state index contributed by atoms with van der Waals surface area (Å²) >= 11 is 1.43. The van der Waals surface area contributed by atoms with Crippen LogP contribution in [0, 0.1) is 5.82 Å². The molecule has 0 bridgehead atoms. The highest BCUT2D eigenvalue weighted by atomic mass is 32.1. The number of hydrogen-bond acceptors (Lipinski definition) is 6. The Labute approximate surface area is 227 Å². The van der Waals surface area contributed by atoms with Crippen LogP contribution in [0.5, 0.6) is 0 Å². The second-order valence-electron chi connectivity index (χ2n) is 9.94. The lowest BCUT2D eigenvalue weighted by atomic mass is 10.0. The molecule has 2 aromatic carbocycles. The molecule has 1 amide bonds. The van der Waals surface area contributed by atoms with E-state index in [1.54, 1.807) is 23.7 Å². The largest absolute Gasteiger partial charge is 0.367 e. The van der Waals surface area contributed by atoms with Gasteiger partial charge in [-0.1, -0.05) is 6.07 Å². The molecule has 0 aliphatic carbocycles. The number of carbonyl (C=O) groups excluding carboxylic acids is 1. The fraction of sp³-hybridized carbons (Fsp3) is 0.321. The Bertz CT molecular complexity index is 1610. The van der Waals surface area contributed by atoms with Crippen molar-refractivity contribution in [3.63, 3.8) is 0 Å². The van der Waals surface area contributed by atoms with Crippen molar-refractivity contribution in [3.05, 3.63) is 75.4 Å². The monoisotopic (exact) mass is 555 g/mol. The maximum Gasteiger partial charge on any atom is 0.279 e. The van der Waals surface area contributed by atoms with Gasteiger partial charge in [-0.15, -0.1) is 11.3 Å². The lowest BCUT2D eigenvalue weighted by Crippen LogP contribution is -2.55. The molecule has 7 nitrogen and oxygen atoms in total. The van der Waals surface area contributed by atoms with Gasteiger partial charge in [-0.2, -0.15) is 0 Å². The summed E-state index contributed by atoms with van der Waals surface area (Å²) < 4.78 is 45.1. The molecular formula is C28H28F3N5O2S. The SMILES string of the molecule is C[C@@H]1CN(c2cc(F)c(-c3ccc4ncsc4c3)cc2NC(=O)c2ccc(=O)n(C)c2C(F)F)C[C@H](C)N1C. The number of likely N-dealkylation sites (N-methyl/N-ethyl adjacent to an activating group) is 1. The number of amides is 1. The Balaban J connectivity index is 1.62. The molecule has 0 saturated carbocycles. The minimum absolute atomic E-state index is 0.155. The number of nitrogens with zero attached hydrogens (tertiary/aromatic N) is 4. The van der Waals surface area contributed by atoms with Crippen molar-refractivity contribution in [2.75, 3.05) is 30.4 Å². The van der Waals surface area contributed by atoms with Crippen LogP contribution in [0.2, 0.25) is 0 Å². The molecule has 1 aliphatic rings. The van der Waals surface area contributed by atoms with Crippen LogP contribution in [0.25, 0.3) is 21.3 Å². The summed E-state index contributed by atoms with van der Waals surface area (Å²) in [7, 11) is 3.23. The van der Waals surface area contributed by atoms with Crippen LogP contribution in [0.15, 0.2) is 52.8 Å². The number of aromatic nitrogens is 2. The van der Waals surface area contributed by atoms with Crippen LogP contribution in [-0.2, 0) is 7.05 Å². The molecule has 2 aromatic heterocycles. The van der Waals surface area contributed by atoms with Crippen LogP contribution >= 0.6 is 11.3 Å². The summed E-state index contributed by atoms with van der Waals surface area (Å²) in [6.07, 6.45) is -3.04. The first kappa shape index (κ1) is 26.9. The molecule has 2 atom stereocenters. The van der Waals surface area contributed by atoms with E-state index in [4.69, 9.17) is 0 Å². The van der Waals surface area contributed by atoms with E-state index in [-0.39, 0.29) is 23.2 Å². The number of rotatable bonds is 5. The summed E-state index contributed by atoms with van der Waals surface area (Å²) in [5, 5.41) is 2.76. The number of nitrogens with one attached hydrogen (secondary N) is 1. The van der Waals surface area contributed by atoms with Gasteiger partial charge in [0.25, 0.3) is 17.9 Å². The number of fused-ring (bicyclic) bond motifs is 1. The van der Waals surface area contributed by atoms with Crippen molar-refractivity contribution < 1.29 is 18.0 Å². The van der Waals surface area contributed by atoms with Crippen LogP contribution in [0.1, 0.15) is 36.3 Å². The molecule has 1 N–H and O–H groups in total. The van der Waals surface area contributed by atoms with Crippen molar-refractivity contribution in [2.24, 2.45) is 7.05 Å². The average molecular weight is 556 g/mol. The van der Waals surface area contributed by atoms with Gasteiger partial charge in [-0.25, -0.2) is 18.2 Å². The lowest BCUT2D eigenvalue weighted by molar-refractivity contribution is 0.100. The van der Waals surface area contributed by atoms with Gasteiger partial charge in [-0.3, -0.25) is 14.5 Å². The smallest absolute Gasteiger partial charge is 0.279 e. The van der Waals surface area contributed by atoms with Crippen LogP contribution < -0.4 is 15.8 Å². The zero-order chi connectivity index (χ0) is 28.0. The minimum Gasteiger partial charge on any atom is -0.367 e. The first-order valence-corrected chi connectivity index (χ1v) is 13.4. The standard InChI is InChI=1S/C28H28F3N5O2S/c1-15-12-36(13-16(2)34(15)3)23-11-20(29)19(17-5-7-21-24(9-17)39-14-32-21)10-22(23)33-28(38)18-6-8-25(37)35(4)26(18)27(30)31/h5-11,14-16,27H,12-13H2,1-4H3,(H,33,38)/t15-,16+. The highest BCUT2D eigenvalue weighted by Crippen LogP contribution is 2.37. The Kier molecular flexibility index (Phi) is 7.21. The van der Waals surface area contributed by atoms with Gasteiger partial charge in [0.05, 0.1) is 38.4 Å². The number of hydrogen-bond donors (Lipinski definition) is 1. The normalized spacial score (nSPS) is 18.2. The van der Waals surface area contributed by atoms with Crippen LogP contribution in [0.3, 0.4) is 0 Å². The van der Waals surface area contributed by atoms with E-state index in [1.807, 2.05) is 18.0 Å². The molecule has 0 radical (unpaired) electrons. The number of anilines is 2. The van der Waals surface area contributed by atoms with Gasteiger partial charge in [0.2, 0.25) is 0 Å². The second-order valence-corrected chi connectivity index (χ2v) is 10.8. The number of benzene rings is 2. The Morgan fingerprint density at radius 1 is 1.08 bits per heavy atom. The summed E-state index contributed by atoms with van der Waals surface area (Å²) in [5.74, 6) is -1.28. The summed E-state index contributed by atoms with van der Waals surface area (Å²) in [6.45, 7) is 5.29. The molecule has 5 rings (SSSR count). The van der Waals surface area contributed by atoms with Gasteiger partial charge in [0, 0.05) is 43.9 Å². The van der Waals surface area contributed by atoms with E-state index in [0.29, 0.717) is 30.0 Å². The summed E-state index contributed by atoms with van der Waals surface area (Å²) in [4.78, 5) is 33.9. The number of halogens is 3. The van der Waals surface area contributed by atoms with Gasteiger partial charge >= 0.3 is 0 Å². The fourth-order valence-corrected chi connectivity index (χ4v) is 5.78. The number of piperazine rings is 1. The van der Waals surface area contributed by atoms with Crippen LogP contribution in [0.4, 0.5) is 24.5 Å². The molecule has 11 heteroatoms. The number of carbonyl (C=O) groups is 1. The van der Waals surface area contributed by atoms with E-state index >= 15 is 4.39 Å². The highest BCUT2D eigenvalue weighted by Gasteiger charge is 2.30. The minimum atomic E-state index is -3.04. The topological polar surface area (TPSA) is 70.5 Å². The Morgan fingerprint density at radius 3 is 2.49 bits per heavy atom. The molecule has 204 valence electrons. The lowest BCUT2D eigenvalue weighted by Gasteiger charge is -2.44. The number of pyridine rings is 1. The van der Waals surface area contributed by atoms with E-state index < -0.39 is 29.4 Å². The zero-order valence-corrected chi connectivity index (χ0v) is 22.7. The maximum absolute atomic E-state index is 15.7.